The first-order chi connectivity index (χ1) is 12.6. The van der Waals surface area contributed by atoms with Gasteiger partial charge in [-0.2, -0.15) is 0 Å². The topological polar surface area (TPSA) is 42.9 Å². The lowest BCUT2D eigenvalue weighted by Crippen LogP contribution is -2.06. The molecule has 0 saturated heterocycles. The Morgan fingerprint density at radius 2 is 1.62 bits per heavy atom. The molecule has 0 aliphatic heterocycles. The molecule has 0 unspecified atom stereocenters. The van der Waals surface area contributed by atoms with Gasteiger partial charge >= 0.3 is 0 Å². The maximum absolute atomic E-state index is 13.1. The first-order valence-electron chi connectivity index (χ1n) is 8.56. The molecular weight excluding hydrogens is 320 g/mol. The lowest BCUT2D eigenvalue weighted by atomic mass is 9.98. The number of hydrogen-bond acceptors (Lipinski definition) is 3. The van der Waals surface area contributed by atoms with E-state index in [-0.39, 0.29) is 5.78 Å². The highest BCUT2D eigenvalue weighted by Gasteiger charge is 2.16. The highest BCUT2D eigenvalue weighted by Crippen LogP contribution is 2.27. The van der Waals surface area contributed by atoms with Gasteiger partial charge in [-0.1, -0.05) is 47.5 Å². The highest BCUT2D eigenvalue weighted by atomic mass is 16.1. The van der Waals surface area contributed by atoms with E-state index in [1.54, 1.807) is 12.3 Å². The van der Waals surface area contributed by atoms with Crippen LogP contribution in [0.2, 0.25) is 0 Å². The minimum atomic E-state index is -0.0861. The van der Waals surface area contributed by atoms with E-state index in [2.05, 4.69) is 24.0 Å². The molecule has 0 fully saturated rings. The molecule has 0 N–H and O–H groups in total. The standard InChI is InChI=1S/C23H18N2O/c1-15-6-9-17(10-7-15)22-14-19(23(26)21-5-3-4-12-24-21)18-13-16(2)8-11-20(18)25-22/h3-14H,1-2H3. The van der Waals surface area contributed by atoms with Crippen molar-refractivity contribution in [2.45, 2.75) is 13.8 Å². The summed E-state index contributed by atoms with van der Waals surface area (Å²) < 4.78 is 0. The molecule has 4 rings (SSSR count). The Bertz CT molecular complexity index is 1100. The van der Waals surface area contributed by atoms with Crippen molar-refractivity contribution in [3.05, 3.63) is 95.3 Å². The van der Waals surface area contributed by atoms with Gasteiger partial charge in [0.05, 0.1) is 11.2 Å². The van der Waals surface area contributed by atoms with Crippen molar-refractivity contribution in [1.82, 2.24) is 9.97 Å². The minimum absolute atomic E-state index is 0.0861. The van der Waals surface area contributed by atoms with Crippen LogP contribution in [0.3, 0.4) is 0 Å². The number of hydrogen-bond donors (Lipinski definition) is 0. The minimum Gasteiger partial charge on any atom is -0.287 e. The molecule has 0 saturated carbocycles. The van der Waals surface area contributed by atoms with E-state index in [0.29, 0.717) is 11.3 Å². The molecule has 4 aromatic rings. The lowest BCUT2D eigenvalue weighted by molar-refractivity contribution is 0.103. The number of carbonyl (C=O) groups excluding carboxylic acids is 1. The molecule has 0 bridgehead atoms. The second-order valence-electron chi connectivity index (χ2n) is 6.49. The van der Waals surface area contributed by atoms with Gasteiger partial charge in [0, 0.05) is 22.7 Å². The Balaban J connectivity index is 1.95. The van der Waals surface area contributed by atoms with Crippen LogP contribution in [0.4, 0.5) is 0 Å². The number of fused-ring (bicyclic) bond motifs is 1. The fraction of sp³-hybridized carbons (Fsp3) is 0.0870. The molecule has 0 radical (unpaired) electrons. The monoisotopic (exact) mass is 338 g/mol. The van der Waals surface area contributed by atoms with E-state index in [1.807, 2.05) is 55.5 Å². The molecule has 0 amide bonds. The SMILES string of the molecule is Cc1ccc(-c2cc(C(=O)c3ccccn3)c3cc(C)ccc3n2)cc1. The van der Waals surface area contributed by atoms with Crippen LogP contribution < -0.4 is 0 Å². The number of aryl methyl sites for hydroxylation is 2. The van der Waals surface area contributed by atoms with Crippen LogP contribution in [-0.4, -0.2) is 15.8 Å². The maximum atomic E-state index is 13.1. The second-order valence-corrected chi connectivity index (χ2v) is 6.49. The first kappa shape index (κ1) is 16.2. The molecule has 126 valence electrons. The van der Waals surface area contributed by atoms with Gasteiger partial charge in [-0.05, 0) is 44.2 Å². The van der Waals surface area contributed by atoms with Gasteiger partial charge in [0.2, 0.25) is 5.78 Å². The maximum Gasteiger partial charge on any atom is 0.212 e. The first-order valence-corrected chi connectivity index (χ1v) is 8.56. The number of rotatable bonds is 3. The molecule has 2 aromatic carbocycles. The van der Waals surface area contributed by atoms with Crippen LogP contribution in [0.15, 0.2) is 72.9 Å². The number of carbonyl (C=O) groups is 1. The fourth-order valence-corrected chi connectivity index (χ4v) is 3.03. The Labute approximate surface area is 152 Å². The summed E-state index contributed by atoms with van der Waals surface area (Å²) in [4.78, 5) is 22.1. The van der Waals surface area contributed by atoms with Crippen molar-refractivity contribution in [3.63, 3.8) is 0 Å². The summed E-state index contributed by atoms with van der Waals surface area (Å²) in [6.07, 6.45) is 1.64. The van der Waals surface area contributed by atoms with Gasteiger partial charge in [0.25, 0.3) is 0 Å². The Kier molecular flexibility index (Phi) is 4.05. The average molecular weight is 338 g/mol. The number of ketones is 1. The van der Waals surface area contributed by atoms with E-state index in [1.165, 1.54) is 5.56 Å². The van der Waals surface area contributed by atoms with Crippen LogP contribution in [0, 0.1) is 13.8 Å². The third-order valence-electron chi connectivity index (χ3n) is 4.45. The summed E-state index contributed by atoms with van der Waals surface area (Å²) in [7, 11) is 0. The third-order valence-corrected chi connectivity index (χ3v) is 4.45. The van der Waals surface area contributed by atoms with Crippen molar-refractivity contribution in [1.29, 1.82) is 0 Å². The molecule has 26 heavy (non-hydrogen) atoms. The van der Waals surface area contributed by atoms with Crippen molar-refractivity contribution in [2.75, 3.05) is 0 Å². The van der Waals surface area contributed by atoms with Gasteiger partial charge < -0.3 is 0 Å². The largest absolute Gasteiger partial charge is 0.287 e. The summed E-state index contributed by atoms with van der Waals surface area (Å²) >= 11 is 0. The highest BCUT2D eigenvalue weighted by molar-refractivity contribution is 6.15. The molecule has 3 nitrogen and oxygen atoms in total. The van der Waals surface area contributed by atoms with Crippen molar-refractivity contribution in [3.8, 4) is 11.3 Å². The Morgan fingerprint density at radius 1 is 0.846 bits per heavy atom. The van der Waals surface area contributed by atoms with Crippen LogP contribution >= 0.6 is 0 Å². The van der Waals surface area contributed by atoms with E-state index >= 15 is 0 Å². The van der Waals surface area contributed by atoms with E-state index in [4.69, 9.17) is 4.98 Å². The van der Waals surface area contributed by atoms with Gasteiger partial charge in [-0.15, -0.1) is 0 Å². The predicted molar refractivity (Wildman–Crippen MR) is 104 cm³/mol. The summed E-state index contributed by atoms with van der Waals surface area (Å²) in [6.45, 7) is 4.07. The summed E-state index contributed by atoms with van der Waals surface area (Å²) in [5.74, 6) is -0.0861. The van der Waals surface area contributed by atoms with Crippen LogP contribution in [0.25, 0.3) is 22.2 Å². The zero-order valence-corrected chi connectivity index (χ0v) is 14.7. The molecule has 0 atom stereocenters. The molecule has 2 aromatic heterocycles. The van der Waals surface area contributed by atoms with Gasteiger partial charge in [0.15, 0.2) is 0 Å². The van der Waals surface area contributed by atoms with Gasteiger partial charge in [0.1, 0.15) is 5.69 Å². The zero-order valence-electron chi connectivity index (χ0n) is 14.7. The summed E-state index contributed by atoms with van der Waals surface area (Å²) in [5.41, 5.74) is 5.96. The summed E-state index contributed by atoms with van der Waals surface area (Å²) in [5, 5.41) is 0.858. The molecule has 3 heteroatoms. The van der Waals surface area contributed by atoms with Crippen LogP contribution in [-0.2, 0) is 0 Å². The zero-order chi connectivity index (χ0) is 18.1. The van der Waals surface area contributed by atoms with Crippen LogP contribution in [0.1, 0.15) is 27.2 Å². The predicted octanol–water partition coefficient (Wildman–Crippen LogP) is 5.14. The quantitative estimate of drug-likeness (QED) is 0.486. The van der Waals surface area contributed by atoms with Crippen molar-refractivity contribution >= 4 is 16.7 Å². The van der Waals surface area contributed by atoms with E-state index in [0.717, 1.165) is 27.7 Å². The van der Waals surface area contributed by atoms with Crippen LogP contribution in [0.5, 0.6) is 0 Å². The van der Waals surface area contributed by atoms with Crippen molar-refractivity contribution in [2.24, 2.45) is 0 Å². The Hall–Kier alpha value is -3.33. The van der Waals surface area contributed by atoms with E-state index < -0.39 is 0 Å². The molecule has 0 aliphatic carbocycles. The number of benzene rings is 2. The Morgan fingerprint density at radius 3 is 2.35 bits per heavy atom. The van der Waals surface area contributed by atoms with Gasteiger partial charge in [-0.25, -0.2) is 4.98 Å². The summed E-state index contributed by atoms with van der Waals surface area (Å²) in [6, 6.07) is 21.4. The third kappa shape index (κ3) is 3.00. The molecule has 2 heterocycles. The number of pyridine rings is 2. The molecular formula is C23H18N2O. The van der Waals surface area contributed by atoms with Crippen molar-refractivity contribution < 1.29 is 4.79 Å². The van der Waals surface area contributed by atoms with Gasteiger partial charge in [-0.3, -0.25) is 9.78 Å². The molecule has 0 aliphatic rings. The fourth-order valence-electron chi connectivity index (χ4n) is 3.03. The normalized spacial score (nSPS) is 10.8. The van der Waals surface area contributed by atoms with E-state index in [9.17, 15) is 4.79 Å². The average Bonchev–Trinajstić information content (AvgIpc) is 2.68. The lowest BCUT2D eigenvalue weighted by Gasteiger charge is -2.10. The smallest absolute Gasteiger partial charge is 0.212 e. The number of aromatic nitrogens is 2. The molecule has 0 spiro atoms. The number of nitrogens with zero attached hydrogens (tertiary/aromatic N) is 2. The second kappa shape index (κ2) is 6.52.